The second kappa shape index (κ2) is 8.25. The normalized spacial score (nSPS) is 12.8. The maximum Gasteiger partial charge on any atom is 0.313 e. The molecule has 1 atom stereocenters. The number of benzene rings is 1. The number of hydrogen-bond donors (Lipinski definition) is 3. The average molecular weight is 415 g/mol. The van der Waals surface area contributed by atoms with Gasteiger partial charge in [0, 0.05) is 17.0 Å². The van der Waals surface area contributed by atoms with E-state index >= 15 is 0 Å². The Hall–Kier alpha value is -3.50. The van der Waals surface area contributed by atoms with Crippen LogP contribution in [0.15, 0.2) is 58.5 Å². The highest BCUT2D eigenvalue weighted by molar-refractivity contribution is 7.10. The molecule has 3 rings (SSSR count). The van der Waals surface area contributed by atoms with Gasteiger partial charge < -0.3 is 20.2 Å². The summed E-state index contributed by atoms with van der Waals surface area (Å²) >= 11 is 1.27. The second-order valence-electron chi connectivity index (χ2n) is 6.21. The van der Waals surface area contributed by atoms with Gasteiger partial charge in [-0.25, -0.2) is 0 Å². The highest BCUT2D eigenvalue weighted by Crippen LogP contribution is 2.32. The molecule has 2 aromatic heterocycles. The Kier molecular flexibility index (Phi) is 5.76. The van der Waals surface area contributed by atoms with Crippen LogP contribution >= 0.6 is 11.3 Å². The third kappa shape index (κ3) is 4.33. The number of anilines is 1. The number of carbonyl (C=O) groups excluding carboxylic acids is 2. The van der Waals surface area contributed by atoms with E-state index in [0.717, 1.165) is 0 Å². The van der Waals surface area contributed by atoms with Gasteiger partial charge in [0.1, 0.15) is 5.76 Å². The summed E-state index contributed by atoms with van der Waals surface area (Å²) in [5.41, 5.74) is -1.15. The molecule has 3 N–H and O–H groups in total. The molecule has 0 fully saturated rings. The molecule has 0 aliphatic heterocycles. The van der Waals surface area contributed by atoms with Crippen molar-refractivity contribution in [3.8, 4) is 0 Å². The van der Waals surface area contributed by atoms with Crippen LogP contribution in [-0.2, 0) is 15.2 Å². The summed E-state index contributed by atoms with van der Waals surface area (Å²) < 4.78 is 5.30. The Balaban J connectivity index is 1.72. The number of rotatable bonds is 6. The van der Waals surface area contributed by atoms with E-state index in [1.165, 1.54) is 35.8 Å². The van der Waals surface area contributed by atoms with Crippen LogP contribution in [-0.4, -0.2) is 28.4 Å². The summed E-state index contributed by atoms with van der Waals surface area (Å²) in [5, 5.41) is 28.5. The fourth-order valence-corrected chi connectivity index (χ4v) is 3.48. The Morgan fingerprint density at radius 3 is 2.66 bits per heavy atom. The summed E-state index contributed by atoms with van der Waals surface area (Å²) in [6.45, 7) is 1.34. The molecule has 10 heteroatoms. The Bertz CT molecular complexity index is 996. The van der Waals surface area contributed by atoms with E-state index in [1.54, 1.807) is 36.6 Å². The molecular weight excluding hydrogens is 398 g/mol. The summed E-state index contributed by atoms with van der Waals surface area (Å²) in [4.78, 5) is 35.3. The van der Waals surface area contributed by atoms with Crippen LogP contribution in [0.5, 0.6) is 0 Å². The molecule has 0 saturated heterocycles. The molecular formula is C19H17N3O6S. The van der Waals surface area contributed by atoms with Gasteiger partial charge in [0.15, 0.2) is 5.60 Å². The summed E-state index contributed by atoms with van der Waals surface area (Å²) in [7, 11) is 0. The lowest BCUT2D eigenvalue weighted by molar-refractivity contribution is -0.384. The lowest BCUT2D eigenvalue weighted by atomic mass is 9.98. The lowest BCUT2D eigenvalue weighted by Gasteiger charge is -2.25. The molecule has 0 spiro atoms. The first-order chi connectivity index (χ1) is 13.8. The van der Waals surface area contributed by atoms with Gasteiger partial charge in [-0.2, -0.15) is 0 Å². The standard InChI is InChI=1S/C19H17N3O6S/c1-12-6-7-13(22(26)27)10-14(12)21-18(24)17(23)20-11-19(25,15-4-2-8-28-15)16-5-3-9-29-16/h2-10,25H,11H2,1H3,(H,20,23)(H,21,24)/t19-/m1/s1. The molecule has 29 heavy (non-hydrogen) atoms. The number of nitro benzene ring substituents is 1. The summed E-state index contributed by atoms with van der Waals surface area (Å²) in [5.74, 6) is -1.80. The van der Waals surface area contributed by atoms with E-state index in [4.69, 9.17) is 4.42 Å². The van der Waals surface area contributed by atoms with Crippen LogP contribution in [0, 0.1) is 17.0 Å². The molecule has 3 aromatic rings. The highest BCUT2D eigenvalue weighted by atomic mass is 32.1. The van der Waals surface area contributed by atoms with E-state index in [1.807, 2.05) is 0 Å². The molecule has 0 aliphatic rings. The number of non-ortho nitro benzene ring substituents is 1. The molecule has 0 aliphatic carbocycles. The minimum Gasteiger partial charge on any atom is -0.466 e. The van der Waals surface area contributed by atoms with E-state index < -0.39 is 22.3 Å². The first-order valence-electron chi connectivity index (χ1n) is 8.46. The largest absolute Gasteiger partial charge is 0.466 e. The lowest BCUT2D eigenvalue weighted by Crippen LogP contribution is -2.44. The van der Waals surface area contributed by atoms with Gasteiger partial charge in [-0.1, -0.05) is 12.1 Å². The van der Waals surface area contributed by atoms with E-state index in [9.17, 15) is 24.8 Å². The second-order valence-corrected chi connectivity index (χ2v) is 7.16. The molecule has 9 nitrogen and oxygen atoms in total. The Morgan fingerprint density at radius 1 is 1.24 bits per heavy atom. The third-order valence-electron chi connectivity index (χ3n) is 4.25. The van der Waals surface area contributed by atoms with Crippen molar-refractivity contribution >= 4 is 34.5 Å². The number of thiophene rings is 1. The van der Waals surface area contributed by atoms with Crippen LogP contribution in [0.2, 0.25) is 0 Å². The van der Waals surface area contributed by atoms with Crippen LogP contribution in [0.1, 0.15) is 16.2 Å². The quantitative estimate of drug-likeness (QED) is 0.322. The van der Waals surface area contributed by atoms with Crippen LogP contribution < -0.4 is 10.6 Å². The molecule has 2 heterocycles. The Morgan fingerprint density at radius 2 is 2.03 bits per heavy atom. The summed E-state index contributed by atoms with van der Waals surface area (Å²) in [6.07, 6.45) is 1.40. The fourth-order valence-electron chi connectivity index (χ4n) is 2.65. The van der Waals surface area contributed by atoms with Crippen LogP contribution in [0.3, 0.4) is 0 Å². The molecule has 0 unspecified atom stereocenters. The zero-order chi connectivity index (χ0) is 21.0. The first kappa shape index (κ1) is 20.2. The van der Waals surface area contributed by atoms with Gasteiger partial charge >= 0.3 is 11.8 Å². The van der Waals surface area contributed by atoms with Crippen LogP contribution in [0.25, 0.3) is 0 Å². The number of amides is 2. The minimum atomic E-state index is -1.64. The minimum absolute atomic E-state index is 0.152. The predicted molar refractivity (Wildman–Crippen MR) is 105 cm³/mol. The average Bonchev–Trinajstić information content (AvgIpc) is 3.41. The van der Waals surface area contributed by atoms with Crippen molar-refractivity contribution in [3.05, 3.63) is 80.4 Å². The number of aliphatic hydroxyl groups is 1. The SMILES string of the molecule is Cc1ccc([N+](=O)[O-])cc1NC(=O)C(=O)NC[C@@](O)(c1ccco1)c1cccs1. The van der Waals surface area contributed by atoms with Gasteiger partial charge in [0.25, 0.3) is 5.69 Å². The number of nitrogens with zero attached hydrogens (tertiary/aromatic N) is 1. The zero-order valence-corrected chi connectivity index (χ0v) is 16.1. The van der Waals surface area contributed by atoms with Gasteiger partial charge in [0.2, 0.25) is 0 Å². The predicted octanol–water partition coefficient (Wildman–Crippen LogP) is 2.55. The van der Waals surface area contributed by atoms with E-state index in [0.29, 0.717) is 10.4 Å². The number of nitrogens with one attached hydrogen (secondary N) is 2. The smallest absolute Gasteiger partial charge is 0.313 e. The summed E-state index contributed by atoms with van der Waals surface area (Å²) in [6, 6.07) is 10.5. The van der Waals surface area contributed by atoms with E-state index in [2.05, 4.69) is 10.6 Å². The number of aryl methyl sites for hydroxylation is 1. The van der Waals surface area contributed by atoms with Crippen LogP contribution in [0.4, 0.5) is 11.4 Å². The molecule has 0 radical (unpaired) electrons. The monoisotopic (exact) mass is 415 g/mol. The molecule has 150 valence electrons. The number of carbonyl (C=O) groups is 2. The van der Waals surface area contributed by atoms with Gasteiger partial charge in [-0.05, 0) is 36.1 Å². The van der Waals surface area contributed by atoms with Crippen molar-refractivity contribution < 1.29 is 24.0 Å². The number of hydrogen-bond acceptors (Lipinski definition) is 7. The van der Waals surface area contributed by atoms with Crippen molar-refractivity contribution in [1.29, 1.82) is 0 Å². The molecule has 2 amide bonds. The van der Waals surface area contributed by atoms with Crippen molar-refractivity contribution in [2.75, 3.05) is 11.9 Å². The van der Waals surface area contributed by atoms with Gasteiger partial charge in [-0.15, -0.1) is 11.3 Å². The number of nitro groups is 1. The first-order valence-corrected chi connectivity index (χ1v) is 9.34. The van der Waals surface area contributed by atoms with Crippen molar-refractivity contribution in [2.24, 2.45) is 0 Å². The highest BCUT2D eigenvalue weighted by Gasteiger charge is 2.36. The maximum absolute atomic E-state index is 12.3. The Labute approximate surface area is 169 Å². The third-order valence-corrected chi connectivity index (χ3v) is 5.27. The molecule has 0 saturated carbocycles. The zero-order valence-electron chi connectivity index (χ0n) is 15.2. The molecule has 0 bridgehead atoms. The van der Waals surface area contributed by atoms with Crippen molar-refractivity contribution in [1.82, 2.24) is 5.32 Å². The van der Waals surface area contributed by atoms with E-state index in [-0.39, 0.29) is 23.7 Å². The number of furan rings is 1. The maximum atomic E-state index is 12.3. The fraction of sp³-hybridized carbons (Fsp3) is 0.158. The molecule has 1 aromatic carbocycles. The topological polar surface area (TPSA) is 135 Å². The van der Waals surface area contributed by atoms with Crippen molar-refractivity contribution in [3.63, 3.8) is 0 Å². The van der Waals surface area contributed by atoms with Crippen molar-refractivity contribution in [2.45, 2.75) is 12.5 Å². The van der Waals surface area contributed by atoms with Gasteiger partial charge in [-0.3, -0.25) is 19.7 Å². The van der Waals surface area contributed by atoms with Gasteiger partial charge in [0.05, 0.1) is 23.4 Å².